The molecule has 1 rings (SSSR count). The molecular weight excluding hydrogens is 270 g/mol. The molecule has 0 saturated carbocycles. The molecule has 0 fully saturated rings. The van der Waals surface area contributed by atoms with Crippen LogP contribution in [0.1, 0.15) is 26.0 Å². The lowest BCUT2D eigenvalue weighted by Gasteiger charge is -2.19. The first kappa shape index (κ1) is 16.8. The zero-order valence-electron chi connectivity index (χ0n) is 12.6. The number of ether oxygens (including phenoxy) is 1. The van der Waals surface area contributed by atoms with E-state index < -0.39 is 12.0 Å². The molecule has 1 atom stereocenters. The van der Waals surface area contributed by atoms with Gasteiger partial charge in [0.25, 0.3) is 0 Å². The van der Waals surface area contributed by atoms with Gasteiger partial charge in [0.15, 0.2) is 0 Å². The minimum absolute atomic E-state index is 0.0292. The molecule has 114 valence electrons. The predicted molar refractivity (Wildman–Crippen MR) is 80.1 cm³/mol. The van der Waals surface area contributed by atoms with Gasteiger partial charge in [-0.2, -0.15) is 0 Å². The van der Waals surface area contributed by atoms with Crippen LogP contribution in [0.2, 0.25) is 0 Å². The van der Waals surface area contributed by atoms with Gasteiger partial charge in [-0.25, -0.2) is 4.79 Å². The summed E-state index contributed by atoms with van der Waals surface area (Å²) >= 11 is 0. The number of amides is 1. The van der Waals surface area contributed by atoms with Crippen LogP contribution in [0.25, 0.3) is 0 Å². The number of carbonyl (C=O) groups is 2. The lowest BCUT2D eigenvalue weighted by Crippen LogP contribution is -2.45. The van der Waals surface area contributed by atoms with Gasteiger partial charge < -0.3 is 10.1 Å². The van der Waals surface area contributed by atoms with Crippen LogP contribution in [0, 0.1) is 5.92 Å². The molecule has 21 heavy (non-hydrogen) atoms. The van der Waals surface area contributed by atoms with Crippen LogP contribution in [-0.4, -0.2) is 42.8 Å². The fraction of sp³-hybridized carbons (Fsp3) is 0.467. The second-order valence-corrected chi connectivity index (χ2v) is 4.85. The van der Waals surface area contributed by atoms with Gasteiger partial charge in [-0.3, -0.25) is 14.8 Å². The van der Waals surface area contributed by atoms with E-state index in [0.29, 0.717) is 6.54 Å². The molecule has 1 amide bonds. The number of esters is 1. The number of rotatable bonds is 7. The van der Waals surface area contributed by atoms with Crippen molar-refractivity contribution in [3.8, 4) is 0 Å². The van der Waals surface area contributed by atoms with E-state index in [2.05, 4.69) is 20.0 Å². The summed E-state index contributed by atoms with van der Waals surface area (Å²) in [5.41, 5.74) is 0.743. The van der Waals surface area contributed by atoms with E-state index in [-0.39, 0.29) is 18.2 Å². The van der Waals surface area contributed by atoms with Gasteiger partial charge in [0.1, 0.15) is 6.04 Å². The Balaban J connectivity index is 2.39. The quantitative estimate of drug-likeness (QED) is 0.604. The van der Waals surface area contributed by atoms with Crippen LogP contribution in [0.4, 0.5) is 0 Å². The Morgan fingerprint density at radius 3 is 2.76 bits per heavy atom. The summed E-state index contributed by atoms with van der Waals surface area (Å²) in [6.07, 6.45) is 3.51. The minimum Gasteiger partial charge on any atom is -0.467 e. The molecule has 0 aliphatic carbocycles. The van der Waals surface area contributed by atoms with E-state index in [1.54, 1.807) is 12.4 Å². The highest BCUT2D eigenvalue weighted by molar-refractivity contribution is 5.85. The van der Waals surface area contributed by atoms with Crippen LogP contribution >= 0.6 is 0 Å². The molecule has 1 heterocycles. The summed E-state index contributed by atoms with van der Waals surface area (Å²) in [4.78, 5) is 31.5. The van der Waals surface area contributed by atoms with Crippen molar-refractivity contribution in [1.82, 2.24) is 10.3 Å². The zero-order chi connectivity index (χ0) is 15.7. The van der Waals surface area contributed by atoms with Gasteiger partial charge >= 0.3 is 5.97 Å². The zero-order valence-corrected chi connectivity index (χ0v) is 12.6. The Morgan fingerprint density at radius 1 is 1.43 bits per heavy atom. The highest BCUT2D eigenvalue weighted by Gasteiger charge is 2.24. The summed E-state index contributed by atoms with van der Waals surface area (Å²) in [5.74, 6) is -0.689. The average Bonchev–Trinajstić information content (AvgIpc) is 2.49. The minimum atomic E-state index is -0.623. The van der Waals surface area contributed by atoms with Crippen LogP contribution in [0.15, 0.2) is 29.4 Å². The van der Waals surface area contributed by atoms with Crippen LogP contribution < -0.4 is 5.32 Å². The van der Waals surface area contributed by atoms with Crippen molar-refractivity contribution in [3.63, 3.8) is 0 Å². The summed E-state index contributed by atoms with van der Waals surface area (Å²) in [7, 11) is 1.31. The standard InChI is InChI=1S/C15H21N3O3/c1-11(2)14(15(20)21-3)18-13(19)7-9-16-10-12-6-4-5-8-17-12/h4-6,8,10-11,14H,7,9H2,1-3H3,(H,18,19)/t14-/m0/s1. The topological polar surface area (TPSA) is 80.6 Å². The predicted octanol–water partition coefficient (Wildman–Crippen LogP) is 1.20. The number of methoxy groups -OCH3 is 1. The molecule has 0 aliphatic rings. The maximum absolute atomic E-state index is 11.8. The van der Waals surface area contributed by atoms with Crippen molar-refractivity contribution >= 4 is 18.1 Å². The number of pyridine rings is 1. The molecule has 0 radical (unpaired) electrons. The summed E-state index contributed by atoms with van der Waals surface area (Å²) in [6.45, 7) is 4.04. The smallest absolute Gasteiger partial charge is 0.328 e. The number of hydrogen-bond acceptors (Lipinski definition) is 5. The number of nitrogens with zero attached hydrogens (tertiary/aromatic N) is 2. The third-order valence-corrected chi connectivity index (χ3v) is 2.82. The Hall–Kier alpha value is -2.24. The molecule has 1 N–H and O–H groups in total. The van der Waals surface area contributed by atoms with Crippen molar-refractivity contribution < 1.29 is 14.3 Å². The molecule has 0 bridgehead atoms. The first-order chi connectivity index (χ1) is 10.0. The molecule has 6 heteroatoms. The Bertz CT molecular complexity index is 486. The van der Waals surface area contributed by atoms with E-state index in [4.69, 9.17) is 0 Å². The molecular formula is C15H21N3O3. The van der Waals surface area contributed by atoms with Gasteiger partial charge in [-0.1, -0.05) is 19.9 Å². The number of aromatic nitrogens is 1. The van der Waals surface area contributed by atoms with E-state index in [0.717, 1.165) is 5.69 Å². The second kappa shape index (κ2) is 8.84. The van der Waals surface area contributed by atoms with E-state index in [1.807, 2.05) is 32.0 Å². The fourth-order valence-corrected chi connectivity index (χ4v) is 1.65. The summed E-state index contributed by atoms with van der Waals surface area (Å²) < 4.78 is 4.67. The lowest BCUT2D eigenvalue weighted by atomic mass is 10.0. The molecule has 0 aromatic carbocycles. The number of hydrogen-bond donors (Lipinski definition) is 1. The van der Waals surface area contributed by atoms with Crippen molar-refractivity contribution in [2.75, 3.05) is 13.7 Å². The van der Waals surface area contributed by atoms with Crippen LogP contribution in [0.5, 0.6) is 0 Å². The molecule has 0 spiro atoms. The molecule has 0 aliphatic heterocycles. The van der Waals surface area contributed by atoms with Crippen molar-refractivity contribution in [1.29, 1.82) is 0 Å². The fourth-order valence-electron chi connectivity index (χ4n) is 1.65. The first-order valence-corrected chi connectivity index (χ1v) is 6.82. The first-order valence-electron chi connectivity index (χ1n) is 6.82. The number of carbonyl (C=O) groups excluding carboxylic acids is 2. The van der Waals surface area contributed by atoms with E-state index in [9.17, 15) is 9.59 Å². The van der Waals surface area contributed by atoms with E-state index in [1.165, 1.54) is 7.11 Å². The molecule has 0 saturated heterocycles. The third kappa shape index (κ3) is 6.16. The molecule has 0 unspecified atom stereocenters. The van der Waals surface area contributed by atoms with E-state index >= 15 is 0 Å². The van der Waals surface area contributed by atoms with Gasteiger partial charge in [0.2, 0.25) is 5.91 Å². The summed E-state index contributed by atoms with van der Waals surface area (Å²) in [6, 6.07) is 4.89. The molecule has 1 aromatic rings. The monoisotopic (exact) mass is 291 g/mol. The van der Waals surface area contributed by atoms with Gasteiger partial charge in [-0.15, -0.1) is 0 Å². The van der Waals surface area contributed by atoms with Gasteiger partial charge in [0.05, 0.1) is 12.8 Å². The van der Waals surface area contributed by atoms with Gasteiger partial charge in [0, 0.05) is 25.4 Å². The average molecular weight is 291 g/mol. The maximum Gasteiger partial charge on any atom is 0.328 e. The number of aliphatic imine (C=N–C) groups is 1. The lowest BCUT2D eigenvalue weighted by molar-refractivity contribution is -0.146. The van der Waals surface area contributed by atoms with Crippen LogP contribution in [-0.2, 0) is 14.3 Å². The number of nitrogens with one attached hydrogen (secondary N) is 1. The van der Waals surface area contributed by atoms with Crippen LogP contribution in [0.3, 0.4) is 0 Å². The Morgan fingerprint density at radius 2 is 2.19 bits per heavy atom. The Kier molecular flexibility index (Phi) is 7.08. The van der Waals surface area contributed by atoms with Crippen molar-refractivity contribution in [2.24, 2.45) is 10.9 Å². The Labute approximate surface area is 124 Å². The SMILES string of the molecule is COC(=O)[C@@H](NC(=O)CCN=Cc1ccccn1)C(C)C. The van der Waals surface area contributed by atoms with Crippen molar-refractivity contribution in [2.45, 2.75) is 26.3 Å². The highest BCUT2D eigenvalue weighted by Crippen LogP contribution is 2.04. The normalized spacial score (nSPS) is 12.4. The molecule has 1 aromatic heterocycles. The maximum atomic E-state index is 11.8. The van der Waals surface area contributed by atoms with Gasteiger partial charge in [-0.05, 0) is 18.1 Å². The highest BCUT2D eigenvalue weighted by atomic mass is 16.5. The second-order valence-electron chi connectivity index (χ2n) is 4.85. The molecule has 6 nitrogen and oxygen atoms in total. The van der Waals surface area contributed by atoms with Crippen molar-refractivity contribution in [3.05, 3.63) is 30.1 Å². The third-order valence-electron chi connectivity index (χ3n) is 2.82. The largest absolute Gasteiger partial charge is 0.467 e. The summed E-state index contributed by atoms with van der Waals surface area (Å²) in [5, 5.41) is 2.66.